The summed E-state index contributed by atoms with van der Waals surface area (Å²) >= 11 is 0. The molecule has 358 valence electrons. The summed E-state index contributed by atoms with van der Waals surface area (Å²) in [5.74, 6) is 2.82. The molecule has 5 N–H and O–H groups in total. The standard InChI is InChI=1S/C29H42N6O2.C23H29N5O2/c1-3-33-17-19-34(20-18-33)22-28-32-25-21-23(31-16-10-6-5-9-15-30)13-14-24(25)29(36)35(28)26-11-7-8-12-27(26)37-4-2;1-3-26-11-13-27(14-12-26)16-22-25-19-15-17(24)9-10-18(19)23(29)28(22)20-7-5-6-8-21(20)30-4-2/h7-8,11-14,21,31H,3-6,9-10,15-20,22,30H2,1-2H3;5-10,15H,3-4,11-14,16,24H2,1-2H3. The van der Waals surface area contributed by atoms with Crippen molar-refractivity contribution in [2.75, 3.05) is 103 Å². The van der Waals surface area contributed by atoms with Crippen LogP contribution in [0.4, 0.5) is 11.4 Å². The molecule has 8 rings (SSSR count). The summed E-state index contributed by atoms with van der Waals surface area (Å²) in [4.78, 5) is 47.1. The Bertz CT molecular complexity index is 2650. The van der Waals surface area contributed by atoms with Crippen molar-refractivity contribution in [2.24, 2.45) is 5.73 Å². The van der Waals surface area contributed by atoms with Crippen molar-refractivity contribution in [3.63, 3.8) is 0 Å². The molecule has 67 heavy (non-hydrogen) atoms. The summed E-state index contributed by atoms with van der Waals surface area (Å²) in [6.07, 6.45) is 4.50. The second kappa shape index (κ2) is 24.3. The van der Waals surface area contributed by atoms with E-state index in [1.165, 1.54) is 0 Å². The summed E-state index contributed by atoms with van der Waals surface area (Å²) in [6, 6.07) is 26.5. The van der Waals surface area contributed by atoms with Gasteiger partial charge in [0, 0.05) is 70.3 Å². The molecule has 2 saturated heterocycles. The lowest BCUT2D eigenvalue weighted by Crippen LogP contribution is -2.46. The molecule has 2 aromatic heterocycles. The average Bonchev–Trinajstić information content (AvgIpc) is 3.34. The Morgan fingerprint density at radius 1 is 0.567 bits per heavy atom. The second-order valence-electron chi connectivity index (χ2n) is 17.2. The van der Waals surface area contributed by atoms with E-state index in [2.05, 4.69) is 38.8 Å². The van der Waals surface area contributed by atoms with Gasteiger partial charge in [-0.25, -0.2) is 9.97 Å². The Kier molecular flexibility index (Phi) is 17.8. The fourth-order valence-electron chi connectivity index (χ4n) is 8.92. The fourth-order valence-corrected chi connectivity index (χ4v) is 8.92. The number of hydrogen-bond acceptors (Lipinski definition) is 13. The van der Waals surface area contributed by atoms with Gasteiger partial charge < -0.3 is 36.1 Å². The number of benzene rings is 4. The average molecular weight is 914 g/mol. The molecule has 4 heterocycles. The normalized spacial score (nSPS) is 15.1. The van der Waals surface area contributed by atoms with Gasteiger partial charge in [-0.15, -0.1) is 0 Å². The van der Waals surface area contributed by atoms with Crippen LogP contribution in [-0.2, 0) is 13.1 Å². The van der Waals surface area contributed by atoms with Crippen LogP contribution in [-0.4, -0.2) is 130 Å². The zero-order valence-corrected chi connectivity index (χ0v) is 40.1. The number of piperazine rings is 2. The van der Waals surface area contributed by atoms with Crippen LogP contribution in [0.15, 0.2) is 94.5 Å². The van der Waals surface area contributed by atoms with E-state index in [0.717, 1.165) is 133 Å². The lowest BCUT2D eigenvalue weighted by Gasteiger charge is -2.34. The van der Waals surface area contributed by atoms with Gasteiger partial charge in [0.1, 0.15) is 23.1 Å². The number of nitrogens with two attached hydrogens (primary N) is 2. The highest BCUT2D eigenvalue weighted by Gasteiger charge is 2.23. The van der Waals surface area contributed by atoms with E-state index >= 15 is 0 Å². The Balaban J connectivity index is 0.000000203. The monoisotopic (exact) mass is 914 g/mol. The van der Waals surface area contributed by atoms with Crippen molar-refractivity contribution >= 4 is 33.2 Å². The number of rotatable bonds is 19. The van der Waals surface area contributed by atoms with E-state index in [4.69, 9.17) is 30.9 Å². The molecule has 0 spiro atoms. The number of para-hydroxylation sites is 4. The lowest BCUT2D eigenvalue weighted by atomic mass is 10.1. The summed E-state index contributed by atoms with van der Waals surface area (Å²) in [5.41, 5.74) is 15.8. The third-order valence-electron chi connectivity index (χ3n) is 12.7. The number of likely N-dealkylation sites (N-methyl/N-ethyl adjacent to an activating group) is 2. The number of hydrogen-bond donors (Lipinski definition) is 3. The van der Waals surface area contributed by atoms with Gasteiger partial charge in [0.2, 0.25) is 0 Å². The molecule has 0 bridgehead atoms. The van der Waals surface area contributed by atoms with Crippen LogP contribution in [0, 0.1) is 0 Å². The molecule has 0 unspecified atom stereocenters. The van der Waals surface area contributed by atoms with Crippen LogP contribution < -0.4 is 37.4 Å². The zero-order valence-electron chi connectivity index (χ0n) is 40.1. The summed E-state index contributed by atoms with van der Waals surface area (Å²) in [7, 11) is 0. The van der Waals surface area contributed by atoms with Gasteiger partial charge in [-0.2, -0.15) is 0 Å². The molecule has 2 aliphatic rings. The first kappa shape index (κ1) is 49.1. The second-order valence-corrected chi connectivity index (χ2v) is 17.2. The van der Waals surface area contributed by atoms with Gasteiger partial charge in [0.25, 0.3) is 11.1 Å². The first-order chi connectivity index (χ1) is 32.7. The molecule has 15 nitrogen and oxygen atoms in total. The van der Waals surface area contributed by atoms with Crippen LogP contribution in [0.1, 0.15) is 65.0 Å². The molecule has 2 aliphatic heterocycles. The molecule has 0 radical (unpaired) electrons. The Hall–Kier alpha value is -5.84. The maximum absolute atomic E-state index is 13.9. The third kappa shape index (κ3) is 12.4. The molecule has 15 heteroatoms. The third-order valence-corrected chi connectivity index (χ3v) is 12.7. The number of nitrogens with one attached hydrogen (secondary N) is 1. The van der Waals surface area contributed by atoms with Crippen LogP contribution in [0.2, 0.25) is 0 Å². The van der Waals surface area contributed by atoms with Gasteiger partial charge in [-0.1, -0.05) is 51.0 Å². The molecule has 2 fully saturated rings. The van der Waals surface area contributed by atoms with Crippen molar-refractivity contribution < 1.29 is 9.47 Å². The number of ether oxygens (including phenoxy) is 2. The minimum atomic E-state index is -0.102. The van der Waals surface area contributed by atoms with Gasteiger partial charge >= 0.3 is 0 Å². The number of fused-ring (bicyclic) bond motifs is 2. The predicted octanol–water partition coefficient (Wildman–Crippen LogP) is 6.36. The van der Waals surface area contributed by atoms with Crippen molar-refractivity contribution in [1.82, 2.24) is 38.7 Å². The Labute approximate surface area is 395 Å². The van der Waals surface area contributed by atoms with E-state index in [9.17, 15) is 9.59 Å². The van der Waals surface area contributed by atoms with Crippen LogP contribution in [0.3, 0.4) is 0 Å². The van der Waals surface area contributed by atoms with Crippen LogP contribution >= 0.6 is 0 Å². The number of anilines is 2. The van der Waals surface area contributed by atoms with E-state index in [1.54, 1.807) is 27.3 Å². The molecule has 6 aromatic rings. The van der Waals surface area contributed by atoms with Crippen molar-refractivity contribution in [3.05, 3.63) is 117 Å². The van der Waals surface area contributed by atoms with E-state index in [1.807, 2.05) is 80.6 Å². The predicted molar refractivity (Wildman–Crippen MR) is 272 cm³/mol. The highest BCUT2D eigenvalue weighted by molar-refractivity contribution is 5.82. The molecule has 0 aliphatic carbocycles. The largest absolute Gasteiger partial charge is 0.492 e. The molecule has 4 aromatic carbocycles. The van der Waals surface area contributed by atoms with E-state index in [0.29, 0.717) is 65.6 Å². The summed E-state index contributed by atoms with van der Waals surface area (Å²) in [6.45, 7) is 22.3. The highest BCUT2D eigenvalue weighted by atomic mass is 16.5. The van der Waals surface area contributed by atoms with Crippen molar-refractivity contribution in [1.29, 1.82) is 0 Å². The first-order valence-electron chi connectivity index (χ1n) is 24.4. The highest BCUT2D eigenvalue weighted by Crippen LogP contribution is 2.27. The fraction of sp³-hybridized carbons (Fsp3) is 0.462. The Morgan fingerprint density at radius 2 is 1.03 bits per heavy atom. The van der Waals surface area contributed by atoms with E-state index < -0.39 is 0 Å². The molecule has 0 atom stereocenters. The first-order valence-corrected chi connectivity index (χ1v) is 24.4. The van der Waals surface area contributed by atoms with Gasteiger partial charge in [-0.3, -0.25) is 28.5 Å². The van der Waals surface area contributed by atoms with Crippen molar-refractivity contribution in [2.45, 2.75) is 66.5 Å². The number of nitrogen functional groups attached to an aromatic ring is 1. The summed E-state index contributed by atoms with van der Waals surface area (Å²) < 4.78 is 15.2. The Morgan fingerprint density at radius 3 is 1.52 bits per heavy atom. The number of unbranched alkanes of at least 4 members (excludes halogenated alkanes) is 3. The summed E-state index contributed by atoms with van der Waals surface area (Å²) in [5, 5.41) is 4.66. The lowest BCUT2D eigenvalue weighted by molar-refractivity contribution is 0.129. The minimum Gasteiger partial charge on any atom is -0.492 e. The van der Waals surface area contributed by atoms with Gasteiger partial charge in [0.15, 0.2) is 0 Å². The van der Waals surface area contributed by atoms with Crippen LogP contribution in [0.25, 0.3) is 33.2 Å². The zero-order chi connectivity index (χ0) is 47.1. The minimum absolute atomic E-state index is 0.0623. The van der Waals surface area contributed by atoms with Crippen LogP contribution in [0.5, 0.6) is 11.5 Å². The van der Waals surface area contributed by atoms with Gasteiger partial charge in [-0.05, 0) is 107 Å². The molecule has 0 saturated carbocycles. The molecular weight excluding hydrogens is 843 g/mol. The van der Waals surface area contributed by atoms with Gasteiger partial charge in [0.05, 0.1) is 59.5 Å². The SMILES string of the molecule is CCOc1ccccc1-n1c(CN2CCN(CC)CC2)nc2cc(N)ccc2c1=O.CCOc1ccccc1-n1c(CN2CCN(CC)CC2)nc2cc(NCCCCCCN)ccc2c1=O. The maximum Gasteiger partial charge on any atom is 0.266 e. The smallest absolute Gasteiger partial charge is 0.266 e. The quantitative estimate of drug-likeness (QED) is 0.0609. The topological polar surface area (TPSA) is 165 Å². The molecular formula is C52H71N11O4. The van der Waals surface area contributed by atoms with Crippen molar-refractivity contribution in [3.8, 4) is 22.9 Å². The number of aromatic nitrogens is 4. The maximum atomic E-state index is 13.9. The molecule has 0 amide bonds. The number of nitrogens with zero attached hydrogens (tertiary/aromatic N) is 8. The van der Waals surface area contributed by atoms with E-state index in [-0.39, 0.29) is 11.1 Å².